The van der Waals surface area contributed by atoms with Crippen LogP contribution in [-0.2, 0) is 6.54 Å². The van der Waals surface area contributed by atoms with E-state index in [2.05, 4.69) is 5.10 Å². The van der Waals surface area contributed by atoms with Gasteiger partial charge in [0.15, 0.2) is 0 Å². The van der Waals surface area contributed by atoms with Gasteiger partial charge in [-0.25, -0.2) is 8.78 Å². The van der Waals surface area contributed by atoms with Gasteiger partial charge in [-0.2, -0.15) is 5.10 Å². The van der Waals surface area contributed by atoms with Crippen molar-refractivity contribution < 1.29 is 8.78 Å². The fourth-order valence-corrected chi connectivity index (χ4v) is 1.94. The van der Waals surface area contributed by atoms with Crippen LogP contribution >= 0.6 is 0 Å². The Morgan fingerprint density at radius 3 is 2.61 bits per heavy atom. The van der Waals surface area contributed by atoms with Gasteiger partial charge in [0.2, 0.25) is 0 Å². The maximum atomic E-state index is 13.6. The standard InChI is InChI=1S/C13H15F2N3/c1-8-5-9(2)18(17-8)7-13(16)11-6-10(14)3-4-12(11)15/h3-6,13H,7,16H2,1-2H3. The summed E-state index contributed by atoms with van der Waals surface area (Å²) in [5, 5.41) is 4.25. The highest BCUT2D eigenvalue weighted by Crippen LogP contribution is 2.18. The molecule has 18 heavy (non-hydrogen) atoms. The first-order valence-corrected chi connectivity index (χ1v) is 5.69. The Balaban J connectivity index is 2.24. The molecule has 0 fully saturated rings. The molecule has 3 nitrogen and oxygen atoms in total. The van der Waals surface area contributed by atoms with Gasteiger partial charge < -0.3 is 5.73 Å². The average Bonchev–Trinajstić information content (AvgIpc) is 2.61. The van der Waals surface area contributed by atoms with E-state index >= 15 is 0 Å². The van der Waals surface area contributed by atoms with Gasteiger partial charge in [-0.3, -0.25) is 4.68 Å². The molecule has 0 saturated carbocycles. The van der Waals surface area contributed by atoms with Crippen molar-refractivity contribution in [3.8, 4) is 0 Å². The lowest BCUT2D eigenvalue weighted by atomic mass is 10.1. The molecule has 2 N–H and O–H groups in total. The van der Waals surface area contributed by atoms with Crippen LogP contribution in [0.1, 0.15) is 23.0 Å². The van der Waals surface area contributed by atoms with E-state index in [4.69, 9.17) is 5.73 Å². The number of nitrogens with zero attached hydrogens (tertiary/aromatic N) is 2. The highest BCUT2D eigenvalue weighted by molar-refractivity contribution is 5.22. The molecule has 0 aliphatic rings. The van der Waals surface area contributed by atoms with Crippen molar-refractivity contribution in [3.63, 3.8) is 0 Å². The third-order valence-electron chi connectivity index (χ3n) is 2.83. The number of rotatable bonds is 3. The summed E-state index contributed by atoms with van der Waals surface area (Å²) in [5.41, 5.74) is 7.90. The predicted octanol–water partition coefficient (Wildman–Crippen LogP) is 2.48. The van der Waals surface area contributed by atoms with Gasteiger partial charge in [-0.15, -0.1) is 0 Å². The Bertz CT molecular complexity index is 563. The molecule has 0 spiro atoms. The molecule has 1 heterocycles. The monoisotopic (exact) mass is 251 g/mol. The van der Waals surface area contributed by atoms with Crippen LogP contribution in [0, 0.1) is 25.5 Å². The van der Waals surface area contributed by atoms with Gasteiger partial charge in [0, 0.05) is 11.3 Å². The Hall–Kier alpha value is -1.75. The van der Waals surface area contributed by atoms with Crippen molar-refractivity contribution in [1.82, 2.24) is 9.78 Å². The number of aromatic nitrogens is 2. The molecule has 5 heteroatoms. The van der Waals surface area contributed by atoms with E-state index < -0.39 is 17.7 Å². The lowest BCUT2D eigenvalue weighted by Crippen LogP contribution is -2.20. The number of aryl methyl sites for hydroxylation is 2. The first kappa shape index (κ1) is 12.7. The van der Waals surface area contributed by atoms with Gasteiger partial charge in [-0.1, -0.05) is 0 Å². The Morgan fingerprint density at radius 2 is 2.00 bits per heavy atom. The largest absolute Gasteiger partial charge is 0.322 e. The molecule has 0 amide bonds. The van der Waals surface area contributed by atoms with Crippen LogP contribution < -0.4 is 5.73 Å². The van der Waals surface area contributed by atoms with Gasteiger partial charge in [0.05, 0.1) is 18.3 Å². The number of nitrogens with two attached hydrogens (primary N) is 1. The molecular formula is C13H15F2N3. The first-order valence-electron chi connectivity index (χ1n) is 5.69. The zero-order valence-electron chi connectivity index (χ0n) is 10.3. The molecule has 0 aliphatic carbocycles. The normalized spacial score (nSPS) is 12.7. The summed E-state index contributed by atoms with van der Waals surface area (Å²) in [6, 6.07) is 4.58. The number of hydrogen-bond donors (Lipinski definition) is 1. The predicted molar refractivity (Wildman–Crippen MR) is 65.0 cm³/mol. The Kier molecular flexibility index (Phi) is 3.43. The van der Waals surface area contributed by atoms with Crippen LogP contribution in [0.25, 0.3) is 0 Å². The van der Waals surface area contributed by atoms with E-state index in [9.17, 15) is 8.78 Å². The molecule has 1 aromatic carbocycles. The van der Waals surface area contributed by atoms with Gasteiger partial charge in [-0.05, 0) is 38.1 Å². The molecular weight excluding hydrogens is 236 g/mol. The van der Waals surface area contributed by atoms with Crippen molar-refractivity contribution in [2.24, 2.45) is 5.73 Å². The molecule has 96 valence electrons. The third-order valence-corrected chi connectivity index (χ3v) is 2.83. The second-order valence-corrected chi connectivity index (χ2v) is 4.38. The quantitative estimate of drug-likeness (QED) is 0.910. The molecule has 2 aromatic rings. The molecule has 0 saturated heterocycles. The summed E-state index contributed by atoms with van der Waals surface area (Å²) in [6.07, 6.45) is 0. The second-order valence-electron chi connectivity index (χ2n) is 4.38. The highest BCUT2D eigenvalue weighted by Gasteiger charge is 2.14. The van der Waals surface area contributed by atoms with E-state index in [1.807, 2.05) is 19.9 Å². The first-order chi connectivity index (χ1) is 8.47. The van der Waals surface area contributed by atoms with E-state index in [1.165, 1.54) is 0 Å². The number of hydrogen-bond acceptors (Lipinski definition) is 2. The summed E-state index contributed by atoms with van der Waals surface area (Å²) >= 11 is 0. The summed E-state index contributed by atoms with van der Waals surface area (Å²) in [7, 11) is 0. The van der Waals surface area contributed by atoms with Crippen molar-refractivity contribution in [1.29, 1.82) is 0 Å². The number of benzene rings is 1. The minimum Gasteiger partial charge on any atom is -0.322 e. The zero-order valence-corrected chi connectivity index (χ0v) is 10.3. The highest BCUT2D eigenvalue weighted by atomic mass is 19.1. The minimum atomic E-state index is -0.626. The van der Waals surface area contributed by atoms with E-state index in [0.29, 0.717) is 6.54 Å². The van der Waals surface area contributed by atoms with Crippen LogP contribution in [0.15, 0.2) is 24.3 Å². The summed E-state index contributed by atoms with van der Waals surface area (Å²) in [4.78, 5) is 0. The van der Waals surface area contributed by atoms with E-state index in [1.54, 1.807) is 4.68 Å². The van der Waals surface area contributed by atoms with Crippen molar-refractivity contribution >= 4 is 0 Å². The molecule has 2 rings (SSSR count). The van der Waals surface area contributed by atoms with Crippen molar-refractivity contribution in [3.05, 3.63) is 52.9 Å². The van der Waals surface area contributed by atoms with Crippen molar-refractivity contribution in [2.45, 2.75) is 26.4 Å². The van der Waals surface area contributed by atoms with Crippen LogP contribution in [-0.4, -0.2) is 9.78 Å². The summed E-state index contributed by atoms with van der Waals surface area (Å²) in [6.45, 7) is 4.09. The minimum absolute atomic E-state index is 0.169. The van der Waals surface area contributed by atoms with Crippen LogP contribution in [0.4, 0.5) is 8.78 Å². The van der Waals surface area contributed by atoms with E-state index in [0.717, 1.165) is 29.6 Å². The second kappa shape index (κ2) is 4.86. The van der Waals surface area contributed by atoms with Crippen molar-refractivity contribution in [2.75, 3.05) is 0 Å². The van der Waals surface area contributed by atoms with Crippen LogP contribution in [0.2, 0.25) is 0 Å². The zero-order chi connectivity index (χ0) is 13.3. The molecule has 1 atom stereocenters. The molecule has 0 bridgehead atoms. The Morgan fingerprint density at radius 1 is 1.28 bits per heavy atom. The summed E-state index contributed by atoms with van der Waals surface area (Å²) < 4.78 is 28.3. The summed E-state index contributed by atoms with van der Waals surface area (Å²) in [5.74, 6) is -0.986. The van der Waals surface area contributed by atoms with Gasteiger partial charge >= 0.3 is 0 Å². The SMILES string of the molecule is Cc1cc(C)n(CC(N)c2cc(F)ccc2F)n1. The number of halogens is 2. The molecule has 1 unspecified atom stereocenters. The van der Waals surface area contributed by atoms with Gasteiger partial charge in [0.1, 0.15) is 11.6 Å². The average molecular weight is 251 g/mol. The van der Waals surface area contributed by atoms with Crippen LogP contribution in [0.5, 0.6) is 0 Å². The third kappa shape index (κ3) is 2.56. The molecule has 0 radical (unpaired) electrons. The molecule has 0 aliphatic heterocycles. The lowest BCUT2D eigenvalue weighted by Gasteiger charge is -2.14. The van der Waals surface area contributed by atoms with E-state index in [-0.39, 0.29) is 5.56 Å². The Labute approximate surface area is 104 Å². The maximum Gasteiger partial charge on any atom is 0.128 e. The fourth-order valence-electron chi connectivity index (χ4n) is 1.94. The van der Waals surface area contributed by atoms with Crippen LogP contribution in [0.3, 0.4) is 0 Å². The topological polar surface area (TPSA) is 43.8 Å². The smallest absolute Gasteiger partial charge is 0.128 e. The lowest BCUT2D eigenvalue weighted by molar-refractivity contribution is 0.487. The van der Waals surface area contributed by atoms with Gasteiger partial charge in [0.25, 0.3) is 0 Å². The molecule has 1 aromatic heterocycles. The fraction of sp³-hybridized carbons (Fsp3) is 0.308. The maximum absolute atomic E-state index is 13.6.